The normalized spacial score (nSPS) is 41.6. The van der Waals surface area contributed by atoms with Crippen LogP contribution in [0.3, 0.4) is 0 Å². The highest BCUT2D eigenvalue weighted by molar-refractivity contribution is 6.06. The van der Waals surface area contributed by atoms with Crippen LogP contribution in [0.25, 0.3) is 6.08 Å². The highest BCUT2D eigenvalue weighted by atomic mass is 19.1. The van der Waals surface area contributed by atoms with Gasteiger partial charge in [0.2, 0.25) is 5.91 Å². The summed E-state index contributed by atoms with van der Waals surface area (Å²) in [5.74, 6) is 1.40. The van der Waals surface area contributed by atoms with Crippen molar-refractivity contribution in [3.8, 4) is 0 Å². The summed E-state index contributed by atoms with van der Waals surface area (Å²) in [6.45, 7) is 4.47. The highest BCUT2D eigenvalue weighted by Crippen LogP contribution is 2.63. The van der Waals surface area contributed by atoms with Crippen molar-refractivity contribution < 1.29 is 14.0 Å². The summed E-state index contributed by atoms with van der Waals surface area (Å²) < 4.78 is 13.6. The molecule has 0 unspecified atom stereocenters. The third-order valence-corrected chi connectivity index (χ3v) is 8.96. The van der Waals surface area contributed by atoms with Gasteiger partial charge in [-0.3, -0.25) is 9.59 Å². The van der Waals surface area contributed by atoms with Crippen LogP contribution in [0.15, 0.2) is 42.0 Å². The van der Waals surface area contributed by atoms with Crippen molar-refractivity contribution in [2.45, 2.75) is 52.0 Å². The Labute approximate surface area is 178 Å². The molecule has 1 aromatic carbocycles. The molecule has 1 aromatic rings. The van der Waals surface area contributed by atoms with E-state index in [1.807, 2.05) is 24.1 Å². The minimum atomic E-state index is -0.316. The summed E-state index contributed by atoms with van der Waals surface area (Å²) in [4.78, 5) is 27.6. The maximum Gasteiger partial charge on any atom is 0.246 e. The molecule has 5 rings (SSSR count). The van der Waals surface area contributed by atoms with E-state index < -0.39 is 0 Å². The first kappa shape index (κ1) is 19.7. The van der Waals surface area contributed by atoms with E-state index >= 15 is 0 Å². The van der Waals surface area contributed by atoms with Gasteiger partial charge in [-0.05, 0) is 85.3 Å². The lowest BCUT2D eigenvalue weighted by atomic mass is 9.48. The van der Waals surface area contributed by atoms with Gasteiger partial charge in [-0.2, -0.15) is 0 Å². The van der Waals surface area contributed by atoms with E-state index in [2.05, 4.69) is 19.9 Å². The molecule has 0 N–H and O–H groups in total. The first-order valence-electron chi connectivity index (χ1n) is 11.2. The van der Waals surface area contributed by atoms with E-state index in [0.29, 0.717) is 17.8 Å². The van der Waals surface area contributed by atoms with E-state index in [-0.39, 0.29) is 34.4 Å². The van der Waals surface area contributed by atoms with Crippen molar-refractivity contribution in [3.63, 3.8) is 0 Å². The number of Topliss-reactive ketones (excluding diaryl/α,β-unsaturated/α-hetero) is 1. The Kier molecular flexibility index (Phi) is 4.36. The lowest BCUT2D eigenvalue weighted by molar-refractivity contribution is -0.141. The average molecular weight is 408 g/mol. The molecule has 3 saturated carbocycles. The quantitative estimate of drug-likeness (QED) is 0.613. The Balaban J connectivity index is 1.48. The van der Waals surface area contributed by atoms with Gasteiger partial charge >= 0.3 is 0 Å². The molecule has 158 valence electrons. The Morgan fingerprint density at radius 1 is 1.13 bits per heavy atom. The summed E-state index contributed by atoms with van der Waals surface area (Å²) in [5.41, 5.74) is 1.28. The topological polar surface area (TPSA) is 37.4 Å². The zero-order valence-corrected chi connectivity index (χ0v) is 18.0. The van der Waals surface area contributed by atoms with Gasteiger partial charge in [0, 0.05) is 23.9 Å². The number of fused-ring (bicyclic) bond motifs is 5. The van der Waals surface area contributed by atoms with Gasteiger partial charge in [-0.15, -0.1) is 0 Å². The Morgan fingerprint density at radius 2 is 1.93 bits per heavy atom. The lowest BCUT2D eigenvalue weighted by Crippen LogP contribution is -2.59. The number of carbonyl (C=O) groups is 2. The van der Waals surface area contributed by atoms with Crippen molar-refractivity contribution in [2.75, 3.05) is 7.05 Å². The maximum atomic E-state index is 13.6. The number of allylic oxidation sites excluding steroid dienone is 1. The summed E-state index contributed by atoms with van der Waals surface area (Å²) in [7, 11) is 1.93. The highest BCUT2D eigenvalue weighted by Gasteiger charge is 2.61. The third-order valence-electron chi connectivity index (χ3n) is 8.96. The van der Waals surface area contributed by atoms with Crippen molar-refractivity contribution in [3.05, 3.63) is 53.4 Å². The van der Waals surface area contributed by atoms with Crippen LogP contribution >= 0.6 is 0 Å². The van der Waals surface area contributed by atoms with Crippen LogP contribution in [0.2, 0.25) is 0 Å². The smallest absolute Gasteiger partial charge is 0.246 e. The Morgan fingerprint density at radius 3 is 2.70 bits per heavy atom. The summed E-state index contributed by atoms with van der Waals surface area (Å²) in [6.07, 6.45) is 10.6. The van der Waals surface area contributed by atoms with Crippen molar-refractivity contribution in [2.24, 2.45) is 28.6 Å². The standard InChI is InChI=1S/C26H30FNO2/c1-25-12-10-23(29)28(3)22(25)8-7-19-20(25)9-11-26(2)21(19)15-17(24(26)30)13-16-5-4-6-18(27)14-16/h4-6,10,12-14,19-22H,7-9,11,15H2,1-3H3/b17-13+/t19-,20+,21+,22-,25-,26+/m1/s1. The van der Waals surface area contributed by atoms with Gasteiger partial charge in [-0.25, -0.2) is 4.39 Å². The zero-order chi connectivity index (χ0) is 21.3. The molecule has 6 atom stereocenters. The minimum Gasteiger partial charge on any atom is -0.338 e. The van der Waals surface area contributed by atoms with Gasteiger partial charge in [0.25, 0.3) is 0 Å². The molecular formula is C26H30FNO2. The van der Waals surface area contributed by atoms with Crippen LogP contribution in [0.5, 0.6) is 0 Å². The van der Waals surface area contributed by atoms with E-state index in [1.165, 1.54) is 12.1 Å². The van der Waals surface area contributed by atoms with E-state index in [0.717, 1.165) is 43.2 Å². The van der Waals surface area contributed by atoms with Crippen LogP contribution in [0.1, 0.15) is 51.5 Å². The number of hydrogen-bond acceptors (Lipinski definition) is 2. The largest absolute Gasteiger partial charge is 0.338 e. The fraction of sp³-hybridized carbons (Fsp3) is 0.538. The molecule has 3 fully saturated rings. The second-order valence-electron chi connectivity index (χ2n) is 10.3. The molecule has 0 bridgehead atoms. The van der Waals surface area contributed by atoms with Gasteiger partial charge in [0.1, 0.15) is 5.82 Å². The fourth-order valence-corrected chi connectivity index (χ4v) is 7.34. The molecule has 1 heterocycles. The molecule has 30 heavy (non-hydrogen) atoms. The number of likely N-dealkylation sites (N-methyl/N-ethyl adjacent to an activating group) is 1. The number of rotatable bonds is 1. The second kappa shape index (κ2) is 6.63. The van der Waals surface area contributed by atoms with Crippen molar-refractivity contribution in [1.29, 1.82) is 0 Å². The molecule has 1 amide bonds. The Bertz CT molecular complexity index is 981. The van der Waals surface area contributed by atoms with Gasteiger partial charge in [-0.1, -0.05) is 32.1 Å². The number of ketones is 1. The lowest BCUT2D eigenvalue weighted by Gasteiger charge is -2.59. The molecule has 0 radical (unpaired) electrons. The molecule has 3 aliphatic carbocycles. The van der Waals surface area contributed by atoms with Gasteiger partial charge in [0.15, 0.2) is 5.78 Å². The molecule has 0 spiro atoms. The van der Waals surface area contributed by atoms with E-state index in [9.17, 15) is 14.0 Å². The first-order valence-corrected chi connectivity index (χ1v) is 11.2. The molecular weight excluding hydrogens is 377 g/mol. The number of carbonyl (C=O) groups excluding carboxylic acids is 2. The first-order chi connectivity index (χ1) is 14.2. The number of amides is 1. The van der Waals surface area contributed by atoms with Crippen molar-refractivity contribution >= 4 is 17.8 Å². The van der Waals surface area contributed by atoms with Crippen LogP contribution in [-0.4, -0.2) is 29.7 Å². The van der Waals surface area contributed by atoms with E-state index in [4.69, 9.17) is 0 Å². The molecule has 4 aliphatic rings. The number of hydrogen-bond donors (Lipinski definition) is 0. The van der Waals surface area contributed by atoms with Gasteiger partial charge in [0.05, 0.1) is 0 Å². The SMILES string of the molecule is CN1C(=O)C=C[C@]2(C)[C@H]3CC[C@]4(C)C(=O)/C(=C/c5cccc(F)c5)C[C@H]4[C@@H]3CC[C@@H]12. The predicted octanol–water partition coefficient (Wildman–Crippen LogP) is 5.03. The second-order valence-corrected chi connectivity index (χ2v) is 10.3. The third kappa shape index (κ3) is 2.68. The van der Waals surface area contributed by atoms with Crippen LogP contribution < -0.4 is 0 Å². The molecule has 0 aromatic heterocycles. The predicted molar refractivity (Wildman–Crippen MR) is 115 cm³/mol. The Hall–Kier alpha value is -2.23. The summed E-state index contributed by atoms with van der Waals surface area (Å²) in [5, 5.41) is 0. The number of benzene rings is 1. The zero-order valence-electron chi connectivity index (χ0n) is 18.0. The molecule has 3 nitrogen and oxygen atoms in total. The van der Waals surface area contributed by atoms with Gasteiger partial charge < -0.3 is 4.90 Å². The minimum absolute atomic E-state index is 0.0228. The summed E-state index contributed by atoms with van der Waals surface area (Å²) in [6, 6.07) is 6.74. The van der Waals surface area contributed by atoms with Crippen LogP contribution in [0.4, 0.5) is 4.39 Å². The van der Waals surface area contributed by atoms with Crippen molar-refractivity contribution in [1.82, 2.24) is 4.90 Å². The maximum absolute atomic E-state index is 13.6. The van der Waals surface area contributed by atoms with Crippen LogP contribution in [-0.2, 0) is 9.59 Å². The monoisotopic (exact) mass is 407 g/mol. The summed E-state index contributed by atoms with van der Waals surface area (Å²) >= 11 is 0. The molecule has 0 saturated heterocycles. The molecule has 4 heteroatoms. The number of nitrogens with zero attached hydrogens (tertiary/aromatic N) is 1. The fourth-order valence-electron chi connectivity index (χ4n) is 7.34. The van der Waals surface area contributed by atoms with Crippen LogP contribution in [0, 0.1) is 34.4 Å². The number of halogens is 1. The average Bonchev–Trinajstić information content (AvgIpc) is 2.96. The van der Waals surface area contributed by atoms with E-state index in [1.54, 1.807) is 12.1 Å². The molecule has 1 aliphatic heterocycles.